The van der Waals surface area contributed by atoms with Gasteiger partial charge in [-0.25, -0.2) is 0 Å². The molecular formula is C24H17BrClN3O5. The average molecular weight is 543 g/mol. The van der Waals surface area contributed by atoms with Gasteiger partial charge in [0.2, 0.25) is 0 Å². The van der Waals surface area contributed by atoms with Gasteiger partial charge < -0.3 is 14.8 Å². The number of halogens is 2. The fourth-order valence-corrected chi connectivity index (χ4v) is 3.70. The van der Waals surface area contributed by atoms with Crippen LogP contribution in [0.3, 0.4) is 0 Å². The highest BCUT2D eigenvalue weighted by Crippen LogP contribution is 2.38. The second kappa shape index (κ2) is 11.3. The number of ether oxygens (including phenoxy) is 2. The van der Waals surface area contributed by atoms with Crippen molar-refractivity contribution in [2.75, 3.05) is 12.4 Å². The van der Waals surface area contributed by atoms with E-state index >= 15 is 0 Å². The zero-order valence-electron chi connectivity index (χ0n) is 17.7. The Bertz CT molecular complexity index is 1310. The Balaban J connectivity index is 1.83. The summed E-state index contributed by atoms with van der Waals surface area (Å²) in [6.07, 6.45) is 1.37. The highest BCUT2D eigenvalue weighted by atomic mass is 79.9. The van der Waals surface area contributed by atoms with Crippen LogP contribution in [0.4, 0.5) is 11.4 Å². The minimum absolute atomic E-state index is 0.0643. The lowest BCUT2D eigenvalue weighted by molar-refractivity contribution is -0.384. The van der Waals surface area contributed by atoms with Crippen LogP contribution in [-0.2, 0) is 11.4 Å². The summed E-state index contributed by atoms with van der Waals surface area (Å²) in [5, 5.41) is 23.0. The van der Waals surface area contributed by atoms with Crippen LogP contribution in [0.2, 0.25) is 5.02 Å². The zero-order chi connectivity index (χ0) is 24.7. The Labute approximate surface area is 208 Å². The summed E-state index contributed by atoms with van der Waals surface area (Å²) < 4.78 is 11.9. The topological polar surface area (TPSA) is 114 Å². The van der Waals surface area contributed by atoms with Crippen LogP contribution in [-0.4, -0.2) is 17.9 Å². The summed E-state index contributed by atoms with van der Waals surface area (Å²) in [6.45, 7) is 0.323. The fraction of sp³-hybridized carbons (Fsp3) is 0.0833. The van der Waals surface area contributed by atoms with Gasteiger partial charge in [0.1, 0.15) is 23.3 Å². The van der Waals surface area contributed by atoms with Crippen LogP contribution in [0, 0.1) is 21.4 Å². The van der Waals surface area contributed by atoms with E-state index < -0.39 is 10.8 Å². The lowest BCUT2D eigenvalue weighted by Crippen LogP contribution is -2.13. The van der Waals surface area contributed by atoms with Crippen LogP contribution < -0.4 is 14.8 Å². The summed E-state index contributed by atoms with van der Waals surface area (Å²) in [7, 11) is 1.48. The van der Waals surface area contributed by atoms with Crippen molar-refractivity contribution in [3.63, 3.8) is 0 Å². The average Bonchev–Trinajstić information content (AvgIpc) is 2.83. The van der Waals surface area contributed by atoms with Crippen molar-refractivity contribution in [3.05, 3.63) is 97.0 Å². The largest absolute Gasteiger partial charge is 0.493 e. The molecule has 0 saturated carbocycles. The summed E-state index contributed by atoms with van der Waals surface area (Å²) >= 11 is 9.24. The molecule has 1 N–H and O–H groups in total. The Kier molecular flexibility index (Phi) is 8.24. The normalized spacial score (nSPS) is 10.8. The van der Waals surface area contributed by atoms with Gasteiger partial charge in [-0.1, -0.05) is 41.9 Å². The van der Waals surface area contributed by atoms with Crippen LogP contribution in [0.1, 0.15) is 11.1 Å². The van der Waals surface area contributed by atoms with Crippen LogP contribution in [0.25, 0.3) is 6.08 Å². The van der Waals surface area contributed by atoms with Crippen molar-refractivity contribution in [2.45, 2.75) is 6.61 Å². The maximum atomic E-state index is 12.6. The van der Waals surface area contributed by atoms with Gasteiger partial charge in [0.05, 0.1) is 16.5 Å². The number of amides is 1. The van der Waals surface area contributed by atoms with Crippen molar-refractivity contribution >= 4 is 50.9 Å². The quantitative estimate of drug-likeness (QED) is 0.158. The van der Waals surface area contributed by atoms with Gasteiger partial charge in [-0.05, 0) is 57.4 Å². The standard InChI is InChI=1S/C24H17BrClN3O5/c1-33-22-11-16(10-19(25)23(22)34-14-15-5-3-2-4-6-15)9-17(13-27)24(30)28-18-7-8-20(26)21(12-18)29(31)32/h2-12H,14H2,1H3,(H,28,30)/b17-9+. The van der Waals surface area contributed by atoms with E-state index in [0.29, 0.717) is 28.1 Å². The van der Waals surface area contributed by atoms with Gasteiger partial charge in [-0.3, -0.25) is 14.9 Å². The van der Waals surface area contributed by atoms with Gasteiger partial charge in [0.25, 0.3) is 11.6 Å². The number of nitriles is 1. The number of benzene rings is 3. The van der Waals surface area contributed by atoms with E-state index in [2.05, 4.69) is 21.2 Å². The molecule has 0 aliphatic carbocycles. The molecule has 1 amide bonds. The number of anilines is 1. The molecule has 10 heteroatoms. The molecule has 0 aliphatic rings. The third-order valence-corrected chi connectivity index (χ3v) is 5.46. The molecular weight excluding hydrogens is 526 g/mol. The first-order valence-corrected chi connectivity index (χ1v) is 10.9. The molecule has 0 heterocycles. The van der Waals surface area contributed by atoms with Gasteiger partial charge in [0.15, 0.2) is 11.5 Å². The molecule has 0 unspecified atom stereocenters. The van der Waals surface area contributed by atoms with Crippen molar-refractivity contribution in [1.29, 1.82) is 5.26 Å². The molecule has 0 fully saturated rings. The van der Waals surface area contributed by atoms with Gasteiger partial charge in [-0.2, -0.15) is 5.26 Å². The first kappa shape index (κ1) is 24.8. The van der Waals surface area contributed by atoms with Crippen LogP contribution in [0.5, 0.6) is 11.5 Å². The number of methoxy groups -OCH3 is 1. The second-order valence-corrected chi connectivity index (χ2v) is 8.12. The lowest BCUT2D eigenvalue weighted by Gasteiger charge is -2.14. The molecule has 34 heavy (non-hydrogen) atoms. The molecule has 3 aromatic carbocycles. The van der Waals surface area contributed by atoms with E-state index in [1.54, 1.807) is 12.1 Å². The first-order valence-electron chi connectivity index (χ1n) is 9.73. The summed E-state index contributed by atoms with van der Waals surface area (Å²) in [5.41, 5.74) is 1.03. The number of hydrogen-bond donors (Lipinski definition) is 1. The third-order valence-electron chi connectivity index (χ3n) is 4.55. The summed E-state index contributed by atoms with van der Waals surface area (Å²) in [4.78, 5) is 23.0. The smallest absolute Gasteiger partial charge is 0.289 e. The predicted molar refractivity (Wildman–Crippen MR) is 132 cm³/mol. The molecule has 0 aromatic heterocycles. The number of nitro benzene ring substituents is 1. The lowest BCUT2D eigenvalue weighted by atomic mass is 10.1. The number of carbonyl (C=O) groups is 1. The summed E-state index contributed by atoms with van der Waals surface area (Å²) in [5.74, 6) is 0.140. The van der Waals surface area contributed by atoms with Crippen molar-refractivity contribution < 1.29 is 19.2 Å². The Morgan fingerprint density at radius 3 is 2.62 bits per heavy atom. The van der Waals surface area contributed by atoms with E-state index in [-0.39, 0.29) is 22.0 Å². The second-order valence-electron chi connectivity index (χ2n) is 6.86. The van der Waals surface area contributed by atoms with Crippen LogP contribution in [0.15, 0.2) is 70.7 Å². The minimum Gasteiger partial charge on any atom is -0.493 e. The molecule has 0 aliphatic heterocycles. The van der Waals surface area contributed by atoms with E-state index in [4.69, 9.17) is 21.1 Å². The third kappa shape index (κ3) is 6.13. The molecule has 3 rings (SSSR count). The van der Waals surface area contributed by atoms with Crippen molar-refractivity contribution in [1.82, 2.24) is 0 Å². The SMILES string of the molecule is COc1cc(/C=C(\C#N)C(=O)Nc2ccc(Cl)c([N+](=O)[O-])c2)cc(Br)c1OCc1ccccc1. The number of nitrogens with zero attached hydrogens (tertiary/aromatic N) is 2. The molecule has 8 nitrogen and oxygen atoms in total. The molecule has 0 spiro atoms. The van der Waals surface area contributed by atoms with Crippen LogP contribution >= 0.6 is 27.5 Å². The molecule has 0 radical (unpaired) electrons. The molecule has 0 bridgehead atoms. The molecule has 0 atom stereocenters. The number of rotatable bonds is 8. The molecule has 0 saturated heterocycles. The first-order chi connectivity index (χ1) is 16.3. The summed E-state index contributed by atoms with van der Waals surface area (Å²) in [6, 6.07) is 18.6. The van der Waals surface area contributed by atoms with E-state index in [0.717, 1.165) is 11.6 Å². The van der Waals surface area contributed by atoms with Crippen molar-refractivity contribution in [3.8, 4) is 17.6 Å². The fourth-order valence-electron chi connectivity index (χ4n) is 2.94. The monoisotopic (exact) mass is 541 g/mol. The maximum Gasteiger partial charge on any atom is 0.289 e. The molecule has 3 aromatic rings. The van der Waals surface area contributed by atoms with Crippen molar-refractivity contribution in [2.24, 2.45) is 0 Å². The molecule has 172 valence electrons. The number of carbonyl (C=O) groups excluding carboxylic acids is 1. The number of hydrogen-bond acceptors (Lipinski definition) is 6. The Morgan fingerprint density at radius 1 is 1.24 bits per heavy atom. The van der Waals surface area contributed by atoms with E-state index in [1.165, 1.54) is 25.3 Å². The van der Waals surface area contributed by atoms with Gasteiger partial charge in [0, 0.05) is 11.8 Å². The highest BCUT2D eigenvalue weighted by molar-refractivity contribution is 9.10. The Hall–Kier alpha value is -3.87. The van der Waals surface area contributed by atoms with Gasteiger partial charge in [-0.15, -0.1) is 0 Å². The van der Waals surface area contributed by atoms with E-state index in [9.17, 15) is 20.2 Å². The maximum absolute atomic E-state index is 12.6. The number of nitrogens with one attached hydrogen (secondary N) is 1. The minimum atomic E-state index is -0.737. The number of nitro groups is 1. The van der Waals surface area contributed by atoms with E-state index in [1.807, 2.05) is 36.4 Å². The Morgan fingerprint density at radius 2 is 1.97 bits per heavy atom. The van der Waals surface area contributed by atoms with Gasteiger partial charge >= 0.3 is 0 Å². The zero-order valence-corrected chi connectivity index (χ0v) is 20.1. The highest BCUT2D eigenvalue weighted by Gasteiger charge is 2.17. The predicted octanol–water partition coefficient (Wildman–Crippen LogP) is 6.14.